The minimum atomic E-state index is 0.248. The lowest BCUT2D eigenvalue weighted by atomic mass is 9.57. The quantitative estimate of drug-likeness (QED) is 0.592. The third kappa shape index (κ3) is 4.82. The monoisotopic (exact) mass is 381 g/mol. The molecule has 0 heterocycles. The van der Waals surface area contributed by atoms with E-state index in [1.165, 1.54) is 44.7 Å². The van der Waals surface area contributed by atoms with Gasteiger partial charge in [-0.15, -0.1) is 0 Å². The van der Waals surface area contributed by atoms with Gasteiger partial charge in [0, 0.05) is 5.56 Å². The lowest BCUT2D eigenvalue weighted by molar-refractivity contribution is 0.112. The van der Waals surface area contributed by atoms with Crippen molar-refractivity contribution in [3.05, 3.63) is 59.7 Å². The third-order valence-corrected chi connectivity index (χ3v) is 6.43. The van der Waals surface area contributed by atoms with Crippen molar-refractivity contribution in [1.29, 1.82) is 0 Å². The number of ether oxygens (including phenoxy) is 1. The fourth-order valence-electron chi connectivity index (χ4n) is 4.62. The molecule has 152 valence electrons. The van der Waals surface area contributed by atoms with Crippen LogP contribution >= 0.6 is 0 Å². The SMILES string of the molecule is CCCC1CCCC(C)C1(C)c1ccc(Oc2ccc(C=O)cc2)cc1.CN. The summed E-state index contributed by atoms with van der Waals surface area (Å²) in [5, 5.41) is 0. The van der Waals surface area contributed by atoms with Gasteiger partial charge in [0.25, 0.3) is 0 Å². The molecule has 0 amide bonds. The van der Waals surface area contributed by atoms with Crippen LogP contribution in [-0.4, -0.2) is 13.3 Å². The second-order valence-electron chi connectivity index (χ2n) is 7.91. The first-order chi connectivity index (χ1) is 13.6. The molecule has 3 unspecified atom stereocenters. The zero-order valence-corrected chi connectivity index (χ0v) is 17.8. The Labute approximate surface area is 170 Å². The van der Waals surface area contributed by atoms with E-state index in [1.54, 1.807) is 12.1 Å². The molecule has 0 aliphatic heterocycles. The van der Waals surface area contributed by atoms with Crippen molar-refractivity contribution in [2.45, 2.75) is 58.3 Å². The Morgan fingerprint density at radius 3 is 2.14 bits per heavy atom. The van der Waals surface area contributed by atoms with Crippen LogP contribution in [0.25, 0.3) is 0 Å². The van der Waals surface area contributed by atoms with Gasteiger partial charge < -0.3 is 10.5 Å². The molecule has 2 aromatic rings. The van der Waals surface area contributed by atoms with Crippen LogP contribution in [0.5, 0.6) is 11.5 Å². The van der Waals surface area contributed by atoms with E-state index < -0.39 is 0 Å². The number of carbonyl (C=O) groups is 1. The highest BCUT2D eigenvalue weighted by Gasteiger charge is 2.42. The van der Waals surface area contributed by atoms with E-state index in [0.717, 1.165) is 23.7 Å². The minimum absolute atomic E-state index is 0.248. The van der Waals surface area contributed by atoms with Crippen molar-refractivity contribution in [2.24, 2.45) is 17.6 Å². The highest BCUT2D eigenvalue weighted by atomic mass is 16.5. The molecule has 1 aliphatic carbocycles. The predicted octanol–water partition coefficient (Wildman–Crippen LogP) is 6.36. The zero-order valence-electron chi connectivity index (χ0n) is 17.8. The average Bonchev–Trinajstić information content (AvgIpc) is 2.74. The first-order valence-corrected chi connectivity index (χ1v) is 10.5. The number of rotatable bonds is 6. The number of hydrogen-bond acceptors (Lipinski definition) is 3. The Bertz CT molecular complexity index is 721. The molecule has 0 saturated heterocycles. The molecule has 2 aromatic carbocycles. The average molecular weight is 382 g/mol. The molecule has 3 rings (SSSR count). The van der Waals surface area contributed by atoms with E-state index in [1.807, 2.05) is 12.1 Å². The first kappa shape index (κ1) is 22.2. The van der Waals surface area contributed by atoms with E-state index >= 15 is 0 Å². The van der Waals surface area contributed by atoms with Crippen LogP contribution in [0.15, 0.2) is 48.5 Å². The van der Waals surface area contributed by atoms with Crippen molar-refractivity contribution >= 4 is 6.29 Å². The molecule has 1 aliphatic rings. The maximum Gasteiger partial charge on any atom is 0.150 e. The van der Waals surface area contributed by atoms with E-state index in [9.17, 15) is 4.79 Å². The lowest BCUT2D eigenvalue weighted by Gasteiger charge is -2.47. The van der Waals surface area contributed by atoms with Crippen LogP contribution in [0.2, 0.25) is 0 Å². The zero-order chi connectivity index (χ0) is 20.6. The molecule has 0 radical (unpaired) electrons. The Morgan fingerprint density at radius 1 is 1.04 bits per heavy atom. The van der Waals surface area contributed by atoms with Crippen molar-refractivity contribution in [2.75, 3.05) is 7.05 Å². The highest BCUT2D eigenvalue weighted by molar-refractivity contribution is 5.74. The normalized spacial score (nSPS) is 24.0. The second-order valence-corrected chi connectivity index (χ2v) is 7.91. The summed E-state index contributed by atoms with van der Waals surface area (Å²) in [4.78, 5) is 10.8. The van der Waals surface area contributed by atoms with E-state index in [4.69, 9.17) is 4.74 Å². The highest BCUT2D eigenvalue weighted by Crippen LogP contribution is 2.49. The van der Waals surface area contributed by atoms with Gasteiger partial charge in [-0.05, 0) is 85.5 Å². The molecule has 1 saturated carbocycles. The number of hydrogen-bond donors (Lipinski definition) is 1. The number of carbonyl (C=O) groups excluding carboxylic acids is 1. The smallest absolute Gasteiger partial charge is 0.150 e. The van der Waals surface area contributed by atoms with Crippen LogP contribution in [0.1, 0.15) is 68.8 Å². The minimum Gasteiger partial charge on any atom is -0.457 e. The number of aldehydes is 1. The fraction of sp³-hybridized carbons (Fsp3) is 0.480. The summed E-state index contributed by atoms with van der Waals surface area (Å²) in [5.74, 6) is 3.06. The summed E-state index contributed by atoms with van der Waals surface area (Å²) < 4.78 is 5.94. The van der Waals surface area contributed by atoms with Gasteiger partial charge in [-0.25, -0.2) is 0 Å². The third-order valence-electron chi connectivity index (χ3n) is 6.43. The molecule has 2 N–H and O–H groups in total. The number of benzene rings is 2. The van der Waals surface area contributed by atoms with Crippen molar-refractivity contribution in [3.63, 3.8) is 0 Å². The maximum absolute atomic E-state index is 10.8. The Morgan fingerprint density at radius 2 is 1.61 bits per heavy atom. The van der Waals surface area contributed by atoms with Crippen LogP contribution < -0.4 is 10.5 Å². The summed E-state index contributed by atoms with van der Waals surface area (Å²) in [6.07, 6.45) is 7.43. The maximum atomic E-state index is 10.8. The molecule has 0 spiro atoms. The molecule has 3 atom stereocenters. The summed E-state index contributed by atoms with van der Waals surface area (Å²) in [6, 6.07) is 15.9. The molecule has 3 nitrogen and oxygen atoms in total. The van der Waals surface area contributed by atoms with Crippen LogP contribution in [0.4, 0.5) is 0 Å². The molecular weight excluding hydrogens is 346 g/mol. The lowest BCUT2D eigenvalue weighted by Crippen LogP contribution is -2.41. The van der Waals surface area contributed by atoms with E-state index in [0.29, 0.717) is 11.5 Å². The summed E-state index contributed by atoms with van der Waals surface area (Å²) >= 11 is 0. The molecule has 0 bridgehead atoms. The van der Waals surface area contributed by atoms with Gasteiger partial charge >= 0.3 is 0 Å². The fourth-order valence-corrected chi connectivity index (χ4v) is 4.62. The Kier molecular flexibility index (Phi) is 8.25. The van der Waals surface area contributed by atoms with Gasteiger partial charge in [0.1, 0.15) is 17.8 Å². The summed E-state index contributed by atoms with van der Waals surface area (Å²) in [5.41, 5.74) is 6.85. The predicted molar refractivity (Wildman–Crippen MR) is 117 cm³/mol. The van der Waals surface area contributed by atoms with Gasteiger partial charge in [0.2, 0.25) is 0 Å². The Balaban J connectivity index is 0.00000136. The topological polar surface area (TPSA) is 52.3 Å². The van der Waals surface area contributed by atoms with Crippen LogP contribution in [-0.2, 0) is 5.41 Å². The van der Waals surface area contributed by atoms with E-state index in [2.05, 4.69) is 50.8 Å². The van der Waals surface area contributed by atoms with Crippen LogP contribution in [0, 0.1) is 11.8 Å². The van der Waals surface area contributed by atoms with E-state index in [-0.39, 0.29) is 5.41 Å². The van der Waals surface area contributed by atoms with Gasteiger partial charge in [0.05, 0.1) is 0 Å². The summed E-state index contributed by atoms with van der Waals surface area (Å²) in [6.45, 7) is 7.18. The van der Waals surface area contributed by atoms with Gasteiger partial charge in [-0.2, -0.15) is 0 Å². The van der Waals surface area contributed by atoms with Gasteiger partial charge in [-0.3, -0.25) is 4.79 Å². The first-order valence-electron chi connectivity index (χ1n) is 10.5. The van der Waals surface area contributed by atoms with Crippen molar-refractivity contribution in [3.8, 4) is 11.5 Å². The van der Waals surface area contributed by atoms with Crippen molar-refractivity contribution < 1.29 is 9.53 Å². The van der Waals surface area contributed by atoms with Crippen LogP contribution in [0.3, 0.4) is 0 Å². The van der Waals surface area contributed by atoms with Gasteiger partial charge in [0.15, 0.2) is 0 Å². The molecular formula is C25H35NO2. The van der Waals surface area contributed by atoms with Gasteiger partial charge in [-0.1, -0.05) is 45.7 Å². The molecule has 0 aromatic heterocycles. The van der Waals surface area contributed by atoms with Crippen molar-refractivity contribution in [1.82, 2.24) is 0 Å². The summed E-state index contributed by atoms with van der Waals surface area (Å²) in [7, 11) is 1.50. The largest absolute Gasteiger partial charge is 0.457 e. The Hall–Kier alpha value is -2.13. The molecule has 28 heavy (non-hydrogen) atoms. The molecule has 1 fully saturated rings. The second kappa shape index (κ2) is 10.4. The molecule has 3 heteroatoms. The standard InChI is InChI=1S/C24H30O2.CH5N/c1-4-6-20-8-5-7-18(2)24(20,3)21-11-15-23(16-12-21)26-22-13-9-19(17-25)10-14-22;1-2/h9-18,20H,4-8H2,1-3H3;2H2,1H3. The number of nitrogens with two attached hydrogens (primary N) is 1.